The van der Waals surface area contributed by atoms with E-state index in [0.717, 1.165) is 13.1 Å². The van der Waals surface area contributed by atoms with Crippen LogP contribution in [0, 0.1) is 5.92 Å². The lowest BCUT2D eigenvalue weighted by molar-refractivity contribution is -0.138. The third-order valence-electron chi connectivity index (χ3n) is 2.45. The summed E-state index contributed by atoms with van der Waals surface area (Å²) in [4.78, 5) is 21.6. The van der Waals surface area contributed by atoms with E-state index < -0.39 is 12.0 Å². The predicted octanol–water partition coefficient (Wildman–Crippen LogP) is -1.49. The first-order valence-electron chi connectivity index (χ1n) is 5.05. The molecule has 0 bridgehead atoms. The number of rotatable bonds is 6. The number of nitrogens with two attached hydrogens (primary N) is 1. The van der Waals surface area contributed by atoms with Crippen LogP contribution in [0.3, 0.4) is 0 Å². The largest absolute Gasteiger partial charge is 0.480 e. The van der Waals surface area contributed by atoms with Gasteiger partial charge in [0.25, 0.3) is 0 Å². The molecule has 0 saturated carbocycles. The second kappa shape index (κ2) is 5.67. The van der Waals surface area contributed by atoms with Gasteiger partial charge in [-0.05, 0) is 6.42 Å². The standard InChI is InChI=1S/C9H17N3O3/c10-7(9(14)15)1-2-8(13)12-5-6-3-11-4-6/h6-7,11H,1-5,10H2,(H,12,13)(H,14,15)/t7-/m0/s1. The number of carboxylic acids is 1. The second-order valence-corrected chi connectivity index (χ2v) is 3.81. The number of hydrogen-bond donors (Lipinski definition) is 4. The number of amides is 1. The summed E-state index contributed by atoms with van der Waals surface area (Å²) in [6.45, 7) is 2.54. The minimum absolute atomic E-state index is 0.126. The number of carbonyl (C=O) groups excluding carboxylic acids is 1. The van der Waals surface area contributed by atoms with Crippen molar-refractivity contribution >= 4 is 11.9 Å². The number of carbonyl (C=O) groups is 2. The Labute approximate surface area is 88.2 Å². The smallest absolute Gasteiger partial charge is 0.320 e. The van der Waals surface area contributed by atoms with E-state index in [0.29, 0.717) is 12.5 Å². The van der Waals surface area contributed by atoms with E-state index in [9.17, 15) is 9.59 Å². The molecule has 6 nitrogen and oxygen atoms in total. The topological polar surface area (TPSA) is 104 Å². The van der Waals surface area contributed by atoms with Crippen LogP contribution >= 0.6 is 0 Å². The lowest BCUT2D eigenvalue weighted by Gasteiger charge is -2.27. The summed E-state index contributed by atoms with van der Waals surface area (Å²) in [6.07, 6.45) is 0.359. The minimum Gasteiger partial charge on any atom is -0.480 e. The maximum absolute atomic E-state index is 11.2. The van der Waals surface area contributed by atoms with Crippen molar-refractivity contribution in [1.82, 2.24) is 10.6 Å². The molecule has 86 valence electrons. The van der Waals surface area contributed by atoms with E-state index in [1.165, 1.54) is 0 Å². The fourth-order valence-electron chi connectivity index (χ4n) is 1.25. The average molecular weight is 215 g/mol. The third kappa shape index (κ3) is 4.26. The van der Waals surface area contributed by atoms with Crippen LogP contribution in [-0.2, 0) is 9.59 Å². The molecule has 1 amide bonds. The normalized spacial score (nSPS) is 17.9. The molecule has 0 aliphatic carbocycles. The highest BCUT2D eigenvalue weighted by molar-refractivity contribution is 5.78. The van der Waals surface area contributed by atoms with E-state index in [-0.39, 0.29) is 18.7 Å². The second-order valence-electron chi connectivity index (χ2n) is 3.81. The van der Waals surface area contributed by atoms with Gasteiger partial charge in [-0.3, -0.25) is 9.59 Å². The summed E-state index contributed by atoms with van der Waals surface area (Å²) >= 11 is 0. The fourth-order valence-corrected chi connectivity index (χ4v) is 1.25. The van der Waals surface area contributed by atoms with Gasteiger partial charge < -0.3 is 21.5 Å². The van der Waals surface area contributed by atoms with Crippen LogP contribution in [0.5, 0.6) is 0 Å². The van der Waals surface area contributed by atoms with Crippen molar-refractivity contribution in [3.63, 3.8) is 0 Å². The fraction of sp³-hybridized carbons (Fsp3) is 0.778. The Morgan fingerprint density at radius 1 is 1.53 bits per heavy atom. The van der Waals surface area contributed by atoms with Crippen LogP contribution in [0.4, 0.5) is 0 Å². The van der Waals surface area contributed by atoms with Crippen LogP contribution in [0.25, 0.3) is 0 Å². The van der Waals surface area contributed by atoms with Crippen LogP contribution in [-0.4, -0.2) is 42.7 Å². The van der Waals surface area contributed by atoms with E-state index in [1.54, 1.807) is 0 Å². The molecule has 0 spiro atoms. The van der Waals surface area contributed by atoms with Crippen molar-refractivity contribution in [2.24, 2.45) is 11.7 Å². The number of nitrogens with one attached hydrogen (secondary N) is 2. The molecule has 1 fully saturated rings. The van der Waals surface area contributed by atoms with Gasteiger partial charge in [0.05, 0.1) is 0 Å². The van der Waals surface area contributed by atoms with E-state index in [1.807, 2.05) is 0 Å². The Kier molecular flexibility index (Phi) is 4.51. The maximum atomic E-state index is 11.2. The highest BCUT2D eigenvalue weighted by atomic mass is 16.4. The van der Waals surface area contributed by atoms with E-state index in [4.69, 9.17) is 10.8 Å². The zero-order valence-electron chi connectivity index (χ0n) is 8.53. The van der Waals surface area contributed by atoms with Crippen molar-refractivity contribution in [3.05, 3.63) is 0 Å². The zero-order chi connectivity index (χ0) is 11.3. The Hall–Kier alpha value is -1.14. The number of hydrogen-bond acceptors (Lipinski definition) is 4. The highest BCUT2D eigenvalue weighted by Gasteiger charge is 2.18. The van der Waals surface area contributed by atoms with Crippen molar-refractivity contribution < 1.29 is 14.7 Å². The SMILES string of the molecule is N[C@@H](CCC(=O)NCC1CNC1)C(=O)O. The maximum Gasteiger partial charge on any atom is 0.320 e. The number of aliphatic carboxylic acids is 1. The molecule has 1 saturated heterocycles. The minimum atomic E-state index is -1.06. The molecule has 15 heavy (non-hydrogen) atoms. The molecule has 1 heterocycles. The lowest BCUT2D eigenvalue weighted by atomic mass is 10.0. The molecular weight excluding hydrogens is 198 g/mol. The molecule has 0 unspecified atom stereocenters. The van der Waals surface area contributed by atoms with Gasteiger partial charge in [-0.15, -0.1) is 0 Å². The molecule has 1 aliphatic heterocycles. The van der Waals surface area contributed by atoms with Crippen molar-refractivity contribution in [2.45, 2.75) is 18.9 Å². The first kappa shape index (κ1) is 11.9. The molecule has 1 atom stereocenters. The van der Waals surface area contributed by atoms with Crippen molar-refractivity contribution in [2.75, 3.05) is 19.6 Å². The van der Waals surface area contributed by atoms with Gasteiger partial charge in [0.2, 0.25) is 5.91 Å². The molecule has 0 aromatic carbocycles. The van der Waals surface area contributed by atoms with Gasteiger partial charge in [0.1, 0.15) is 6.04 Å². The Bertz CT molecular complexity index is 241. The summed E-state index contributed by atoms with van der Waals surface area (Å²) in [5, 5.41) is 14.3. The van der Waals surface area contributed by atoms with Crippen LogP contribution < -0.4 is 16.4 Å². The number of carboxylic acid groups (broad SMARTS) is 1. The molecule has 5 N–H and O–H groups in total. The summed E-state index contributed by atoms with van der Waals surface area (Å²) in [7, 11) is 0. The molecule has 0 aromatic rings. The van der Waals surface area contributed by atoms with Gasteiger partial charge in [0, 0.05) is 32.0 Å². The van der Waals surface area contributed by atoms with Gasteiger partial charge >= 0.3 is 5.97 Å². The summed E-state index contributed by atoms with van der Waals surface area (Å²) in [5.74, 6) is -0.674. The molecular formula is C9H17N3O3. The van der Waals surface area contributed by atoms with E-state index in [2.05, 4.69) is 10.6 Å². The van der Waals surface area contributed by atoms with Crippen molar-refractivity contribution in [3.8, 4) is 0 Å². The van der Waals surface area contributed by atoms with Gasteiger partial charge in [-0.1, -0.05) is 0 Å². The lowest BCUT2D eigenvalue weighted by Crippen LogP contribution is -2.48. The average Bonchev–Trinajstić information content (AvgIpc) is 2.11. The molecule has 6 heteroatoms. The van der Waals surface area contributed by atoms with Gasteiger partial charge in [-0.25, -0.2) is 0 Å². The van der Waals surface area contributed by atoms with Gasteiger partial charge in [-0.2, -0.15) is 0 Å². The molecule has 0 radical (unpaired) electrons. The van der Waals surface area contributed by atoms with E-state index >= 15 is 0 Å². The van der Waals surface area contributed by atoms with Crippen LogP contribution in [0.2, 0.25) is 0 Å². The summed E-state index contributed by atoms with van der Waals surface area (Å²) in [6, 6.07) is -0.943. The Morgan fingerprint density at radius 3 is 2.67 bits per heavy atom. The monoisotopic (exact) mass is 215 g/mol. The summed E-state index contributed by atoms with van der Waals surface area (Å²) in [5.41, 5.74) is 5.27. The van der Waals surface area contributed by atoms with Crippen LogP contribution in [0.1, 0.15) is 12.8 Å². The summed E-state index contributed by atoms with van der Waals surface area (Å²) < 4.78 is 0. The predicted molar refractivity (Wildman–Crippen MR) is 54.2 cm³/mol. The highest BCUT2D eigenvalue weighted by Crippen LogP contribution is 2.01. The first-order valence-corrected chi connectivity index (χ1v) is 5.05. The quantitative estimate of drug-likeness (QED) is 0.432. The zero-order valence-corrected chi connectivity index (χ0v) is 8.53. The Balaban J connectivity index is 2.04. The third-order valence-corrected chi connectivity index (χ3v) is 2.45. The van der Waals surface area contributed by atoms with Crippen LogP contribution in [0.15, 0.2) is 0 Å². The van der Waals surface area contributed by atoms with Crippen molar-refractivity contribution in [1.29, 1.82) is 0 Å². The molecule has 0 aromatic heterocycles. The first-order chi connectivity index (χ1) is 7.09. The Morgan fingerprint density at radius 2 is 2.20 bits per heavy atom. The molecule has 1 aliphatic rings. The molecule has 1 rings (SSSR count). The van der Waals surface area contributed by atoms with Gasteiger partial charge in [0.15, 0.2) is 0 Å².